The molecule has 1 amide bonds. The van der Waals surface area contributed by atoms with E-state index in [2.05, 4.69) is 0 Å². The van der Waals surface area contributed by atoms with Gasteiger partial charge < -0.3 is 5.73 Å². The summed E-state index contributed by atoms with van der Waals surface area (Å²) in [6.07, 6.45) is -3.04. The fourth-order valence-corrected chi connectivity index (χ4v) is 2.85. The van der Waals surface area contributed by atoms with Crippen LogP contribution in [0.5, 0.6) is 0 Å². The molecule has 0 saturated carbocycles. The summed E-state index contributed by atoms with van der Waals surface area (Å²) in [5, 5.41) is 10.3. The van der Waals surface area contributed by atoms with E-state index in [0.29, 0.717) is 16.0 Å². The standard InChI is InChI=1S/C16H11F3N2OS/c1-9(15(21)22)4-12-6-11(8-23-12)13-3-2-10(7-20)5-14(13)16(17,18)19/h2-6,8H,1H3,(H2,21,22)/b9-4+. The molecule has 7 heteroatoms. The van der Waals surface area contributed by atoms with Gasteiger partial charge in [0.25, 0.3) is 0 Å². The number of thiophene rings is 1. The van der Waals surface area contributed by atoms with Gasteiger partial charge >= 0.3 is 6.18 Å². The third-order valence-corrected chi connectivity index (χ3v) is 4.01. The molecule has 118 valence electrons. The van der Waals surface area contributed by atoms with Crippen LogP contribution in [-0.4, -0.2) is 5.91 Å². The Morgan fingerprint density at radius 1 is 1.35 bits per heavy atom. The Kier molecular flexibility index (Phi) is 4.57. The van der Waals surface area contributed by atoms with Gasteiger partial charge in [0.1, 0.15) is 0 Å². The highest BCUT2D eigenvalue weighted by Gasteiger charge is 2.34. The maximum atomic E-state index is 13.2. The predicted octanol–water partition coefficient (Wildman–Crippen LogP) is 4.19. The summed E-state index contributed by atoms with van der Waals surface area (Å²) in [5.41, 5.74) is 4.89. The first-order valence-corrected chi connectivity index (χ1v) is 7.28. The second kappa shape index (κ2) is 6.26. The molecule has 2 rings (SSSR count). The van der Waals surface area contributed by atoms with Crippen LogP contribution >= 0.6 is 11.3 Å². The second-order valence-electron chi connectivity index (χ2n) is 4.80. The molecule has 0 unspecified atom stereocenters. The first-order valence-electron chi connectivity index (χ1n) is 6.40. The fourth-order valence-electron chi connectivity index (χ4n) is 1.95. The van der Waals surface area contributed by atoms with E-state index in [1.54, 1.807) is 17.5 Å². The minimum atomic E-state index is -4.57. The number of primary amides is 1. The monoisotopic (exact) mass is 336 g/mol. The highest BCUT2D eigenvalue weighted by Crippen LogP contribution is 2.39. The number of carbonyl (C=O) groups excluding carboxylic acids is 1. The molecule has 0 atom stereocenters. The van der Waals surface area contributed by atoms with Gasteiger partial charge in [-0.05, 0) is 47.7 Å². The van der Waals surface area contributed by atoms with Gasteiger partial charge in [-0.2, -0.15) is 18.4 Å². The van der Waals surface area contributed by atoms with Crippen LogP contribution in [0.2, 0.25) is 0 Å². The fraction of sp³-hybridized carbons (Fsp3) is 0.125. The summed E-state index contributed by atoms with van der Waals surface area (Å²) in [6.45, 7) is 1.53. The Morgan fingerprint density at radius 2 is 2.04 bits per heavy atom. The first kappa shape index (κ1) is 16.8. The Hall–Kier alpha value is -2.59. The molecule has 0 bridgehead atoms. The average molecular weight is 336 g/mol. The van der Waals surface area contributed by atoms with Crippen molar-refractivity contribution in [3.05, 3.63) is 51.2 Å². The molecule has 0 saturated heterocycles. The van der Waals surface area contributed by atoms with Gasteiger partial charge in [-0.25, -0.2) is 0 Å². The number of nitrogens with zero attached hydrogens (tertiary/aromatic N) is 1. The summed E-state index contributed by atoms with van der Waals surface area (Å²) >= 11 is 1.20. The molecular weight excluding hydrogens is 325 g/mol. The van der Waals surface area contributed by atoms with Crippen molar-refractivity contribution in [1.29, 1.82) is 5.26 Å². The van der Waals surface area contributed by atoms with E-state index in [1.165, 1.54) is 36.5 Å². The van der Waals surface area contributed by atoms with Gasteiger partial charge in [-0.15, -0.1) is 11.3 Å². The third kappa shape index (κ3) is 3.79. The van der Waals surface area contributed by atoms with Crippen LogP contribution in [0, 0.1) is 11.3 Å². The third-order valence-electron chi connectivity index (χ3n) is 3.13. The van der Waals surface area contributed by atoms with Crippen LogP contribution in [0.4, 0.5) is 13.2 Å². The van der Waals surface area contributed by atoms with Crippen molar-refractivity contribution >= 4 is 23.3 Å². The van der Waals surface area contributed by atoms with Crippen molar-refractivity contribution in [2.24, 2.45) is 5.73 Å². The van der Waals surface area contributed by atoms with Gasteiger partial charge in [0.05, 0.1) is 17.2 Å². The number of hydrogen-bond acceptors (Lipinski definition) is 3. The lowest BCUT2D eigenvalue weighted by atomic mass is 9.99. The Balaban J connectivity index is 2.52. The Bertz CT molecular complexity index is 829. The van der Waals surface area contributed by atoms with Crippen molar-refractivity contribution in [3.63, 3.8) is 0 Å². The predicted molar refractivity (Wildman–Crippen MR) is 82.3 cm³/mol. The lowest BCUT2D eigenvalue weighted by Crippen LogP contribution is -2.11. The quantitative estimate of drug-likeness (QED) is 0.854. The molecule has 0 aliphatic carbocycles. The molecule has 1 heterocycles. The second-order valence-corrected chi connectivity index (χ2v) is 5.74. The summed E-state index contributed by atoms with van der Waals surface area (Å²) in [7, 11) is 0. The molecule has 0 aliphatic rings. The number of amides is 1. The average Bonchev–Trinajstić information content (AvgIpc) is 2.93. The van der Waals surface area contributed by atoms with Crippen molar-refractivity contribution in [2.75, 3.05) is 0 Å². The SMILES string of the molecule is C/C(=C\c1cc(-c2ccc(C#N)cc2C(F)(F)F)cs1)C(N)=O. The van der Waals surface area contributed by atoms with Crippen molar-refractivity contribution in [3.8, 4) is 17.2 Å². The highest BCUT2D eigenvalue weighted by molar-refractivity contribution is 7.11. The smallest absolute Gasteiger partial charge is 0.366 e. The van der Waals surface area contributed by atoms with Gasteiger partial charge in [-0.3, -0.25) is 4.79 Å². The molecular formula is C16H11F3N2OS. The lowest BCUT2D eigenvalue weighted by molar-refractivity contribution is -0.137. The van der Waals surface area contributed by atoms with Crippen LogP contribution in [0.3, 0.4) is 0 Å². The molecule has 2 N–H and O–H groups in total. The van der Waals surface area contributed by atoms with Crippen LogP contribution in [0.1, 0.15) is 22.9 Å². The molecule has 1 aromatic carbocycles. The number of alkyl halides is 3. The number of nitriles is 1. The largest absolute Gasteiger partial charge is 0.417 e. The van der Waals surface area contributed by atoms with Gasteiger partial charge in [0, 0.05) is 10.5 Å². The van der Waals surface area contributed by atoms with E-state index in [0.717, 1.165) is 6.07 Å². The molecule has 0 aliphatic heterocycles. The van der Waals surface area contributed by atoms with Crippen molar-refractivity contribution in [1.82, 2.24) is 0 Å². The summed E-state index contributed by atoms with van der Waals surface area (Å²) in [4.78, 5) is 11.6. The van der Waals surface area contributed by atoms with E-state index >= 15 is 0 Å². The molecule has 2 aromatic rings. The normalized spacial score (nSPS) is 12.0. The number of rotatable bonds is 3. The maximum Gasteiger partial charge on any atom is 0.417 e. The molecule has 1 aromatic heterocycles. The van der Waals surface area contributed by atoms with Crippen LogP contribution in [0.25, 0.3) is 17.2 Å². The zero-order chi connectivity index (χ0) is 17.2. The summed E-state index contributed by atoms with van der Waals surface area (Å²) in [5.74, 6) is -0.589. The van der Waals surface area contributed by atoms with E-state index < -0.39 is 17.6 Å². The number of carbonyl (C=O) groups is 1. The van der Waals surface area contributed by atoms with Crippen LogP contribution < -0.4 is 5.73 Å². The zero-order valence-electron chi connectivity index (χ0n) is 11.9. The zero-order valence-corrected chi connectivity index (χ0v) is 12.8. The van der Waals surface area contributed by atoms with Gasteiger partial charge in [0.15, 0.2) is 0 Å². The summed E-state index contributed by atoms with van der Waals surface area (Å²) in [6, 6.07) is 6.70. The van der Waals surface area contributed by atoms with Crippen LogP contribution in [0.15, 0.2) is 35.2 Å². The number of benzene rings is 1. The van der Waals surface area contributed by atoms with E-state index in [-0.39, 0.29) is 11.1 Å². The van der Waals surface area contributed by atoms with E-state index in [4.69, 9.17) is 11.0 Å². The van der Waals surface area contributed by atoms with Crippen molar-refractivity contribution < 1.29 is 18.0 Å². The van der Waals surface area contributed by atoms with E-state index in [1.807, 2.05) is 0 Å². The number of nitrogens with two attached hydrogens (primary N) is 1. The lowest BCUT2D eigenvalue weighted by Gasteiger charge is -2.12. The maximum absolute atomic E-state index is 13.2. The van der Waals surface area contributed by atoms with Crippen molar-refractivity contribution in [2.45, 2.75) is 13.1 Å². The van der Waals surface area contributed by atoms with E-state index in [9.17, 15) is 18.0 Å². The number of hydrogen-bond donors (Lipinski definition) is 1. The molecule has 0 spiro atoms. The molecule has 3 nitrogen and oxygen atoms in total. The number of halogens is 3. The Morgan fingerprint density at radius 3 is 2.61 bits per heavy atom. The molecule has 0 radical (unpaired) electrons. The van der Waals surface area contributed by atoms with Gasteiger partial charge in [0.2, 0.25) is 5.91 Å². The molecule has 0 fully saturated rings. The molecule has 23 heavy (non-hydrogen) atoms. The van der Waals surface area contributed by atoms with Gasteiger partial charge in [-0.1, -0.05) is 6.07 Å². The highest BCUT2D eigenvalue weighted by atomic mass is 32.1. The minimum Gasteiger partial charge on any atom is -0.366 e. The van der Waals surface area contributed by atoms with Crippen LogP contribution in [-0.2, 0) is 11.0 Å². The topological polar surface area (TPSA) is 66.9 Å². The summed E-state index contributed by atoms with van der Waals surface area (Å²) < 4.78 is 39.6. The minimum absolute atomic E-state index is 0.0101. The first-order chi connectivity index (χ1) is 10.7. The Labute approximate surface area is 134 Å².